The third-order valence-electron chi connectivity index (χ3n) is 6.05. The quantitative estimate of drug-likeness (QED) is 0.532. The summed E-state index contributed by atoms with van der Waals surface area (Å²) in [6.45, 7) is 3.21. The number of hydrogen-bond acceptors (Lipinski definition) is 5. The Labute approximate surface area is 200 Å². The summed E-state index contributed by atoms with van der Waals surface area (Å²) in [7, 11) is -0.230. The normalized spacial score (nSPS) is 13.2. The van der Waals surface area contributed by atoms with E-state index in [-0.39, 0.29) is 10.8 Å². The maximum atomic E-state index is 12.9. The van der Waals surface area contributed by atoms with E-state index in [9.17, 15) is 13.2 Å². The lowest BCUT2D eigenvalue weighted by Gasteiger charge is -2.27. The fourth-order valence-electron chi connectivity index (χ4n) is 4.11. The lowest BCUT2D eigenvalue weighted by Crippen LogP contribution is -2.26. The maximum Gasteiger partial charge on any atom is 0.261 e. The molecule has 0 radical (unpaired) electrons. The number of benzene rings is 3. The zero-order valence-corrected chi connectivity index (χ0v) is 20.4. The summed E-state index contributed by atoms with van der Waals surface area (Å²) in [5.74, 6) is 0.317. The summed E-state index contributed by atoms with van der Waals surface area (Å²) in [6.07, 6.45) is 2.14. The van der Waals surface area contributed by atoms with E-state index in [1.54, 1.807) is 44.4 Å². The molecule has 1 aliphatic heterocycles. The predicted molar refractivity (Wildman–Crippen MR) is 134 cm³/mol. The van der Waals surface area contributed by atoms with Crippen LogP contribution < -0.4 is 19.7 Å². The minimum absolute atomic E-state index is 0.0240. The molecular formula is C26H29N3O4S. The number of fused-ring (bicyclic) bond motifs is 1. The van der Waals surface area contributed by atoms with Crippen LogP contribution in [0, 0.1) is 6.92 Å². The van der Waals surface area contributed by atoms with E-state index < -0.39 is 10.0 Å². The van der Waals surface area contributed by atoms with Crippen molar-refractivity contribution in [1.82, 2.24) is 5.32 Å². The van der Waals surface area contributed by atoms with Crippen molar-refractivity contribution in [3.63, 3.8) is 0 Å². The van der Waals surface area contributed by atoms with E-state index in [0.717, 1.165) is 24.9 Å². The Hall–Kier alpha value is -3.52. The summed E-state index contributed by atoms with van der Waals surface area (Å²) in [4.78, 5) is 15.2. The molecule has 1 amide bonds. The van der Waals surface area contributed by atoms with Crippen molar-refractivity contribution in [2.24, 2.45) is 0 Å². The fraction of sp³-hybridized carbons (Fsp3) is 0.269. The number of carbonyl (C=O) groups is 1. The fourth-order valence-corrected chi connectivity index (χ4v) is 5.20. The summed E-state index contributed by atoms with van der Waals surface area (Å²) < 4.78 is 33.5. The number of sulfonamides is 1. The molecule has 8 heteroatoms. The Morgan fingerprint density at radius 1 is 1.06 bits per heavy atom. The molecule has 0 atom stereocenters. The van der Waals surface area contributed by atoms with Crippen LogP contribution in [0.3, 0.4) is 0 Å². The molecule has 0 bridgehead atoms. The first-order chi connectivity index (χ1) is 16.3. The second kappa shape index (κ2) is 9.77. The van der Waals surface area contributed by atoms with Crippen LogP contribution in [0.2, 0.25) is 0 Å². The molecule has 0 aliphatic carbocycles. The number of hydrogen-bond donors (Lipinski definition) is 2. The lowest BCUT2D eigenvalue weighted by molar-refractivity contribution is 0.0950. The molecule has 0 saturated heterocycles. The van der Waals surface area contributed by atoms with Crippen molar-refractivity contribution in [2.75, 3.05) is 30.3 Å². The van der Waals surface area contributed by atoms with Gasteiger partial charge in [0.05, 0.1) is 12.0 Å². The van der Waals surface area contributed by atoms with Gasteiger partial charge in [-0.1, -0.05) is 18.2 Å². The molecule has 2 N–H and O–H groups in total. The summed E-state index contributed by atoms with van der Waals surface area (Å²) in [6, 6.07) is 17.4. The molecule has 1 aliphatic rings. The largest absolute Gasteiger partial charge is 0.497 e. The van der Waals surface area contributed by atoms with Crippen LogP contribution >= 0.6 is 0 Å². The highest BCUT2D eigenvalue weighted by atomic mass is 32.2. The van der Waals surface area contributed by atoms with Gasteiger partial charge >= 0.3 is 0 Å². The van der Waals surface area contributed by atoms with Crippen LogP contribution in [0.4, 0.5) is 11.4 Å². The monoisotopic (exact) mass is 479 g/mol. The number of anilines is 2. The molecule has 0 aromatic heterocycles. The zero-order valence-electron chi connectivity index (χ0n) is 19.6. The highest BCUT2D eigenvalue weighted by Gasteiger charge is 2.19. The van der Waals surface area contributed by atoms with Gasteiger partial charge in [0.1, 0.15) is 5.75 Å². The van der Waals surface area contributed by atoms with Gasteiger partial charge in [0.25, 0.3) is 15.9 Å². The molecule has 34 heavy (non-hydrogen) atoms. The number of ether oxygens (including phenoxy) is 1. The predicted octanol–water partition coefficient (Wildman–Crippen LogP) is 4.12. The Kier molecular flexibility index (Phi) is 6.79. The number of rotatable bonds is 7. The van der Waals surface area contributed by atoms with Gasteiger partial charge in [0, 0.05) is 37.1 Å². The molecule has 178 valence electrons. The molecule has 1 heterocycles. The minimum Gasteiger partial charge on any atom is -0.497 e. The van der Waals surface area contributed by atoms with Crippen LogP contribution in [-0.4, -0.2) is 35.0 Å². The van der Waals surface area contributed by atoms with E-state index in [1.165, 1.54) is 23.4 Å². The van der Waals surface area contributed by atoms with E-state index >= 15 is 0 Å². The highest BCUT2D eigenvalue weighted by molar-refractivity contribution is 7.92. The first-order valence-electron chi connectivity index (χ1n) is 11.2. The molecule has 7 nitrogen and oxygen atoms in total. The Bertz CT molecular complexity index is 1300. The average molecular weight is 480 g/mol. The molecular weight excluding hydrogens is 450 g/mol. The molecule has 0 saturated carbocycles. The Morgan fingerprint density at radius 3 is 2.56 bits per heavy atom. The van der Waals surface area contributed by atoms with Gasteiger partial charge in [-0.2, -0.15) is 0 Å². The van der Waals surface area contributed by atoms with Crippen LogP contribution in [0.25, 0.3) is 0 Å². The Morgan fingerprint density at radius 2 is 1.82 bits per heavy atom. The van der Waals surface area contributed by atoms with Crippen molar-refractivity contribution in [1.29, 1.82) is 0 Å². The topological polar surface area (TPSA) is 87.7 Å². The third kappa shape index (κ3) is 5.17. The second-order valence-electron chi connectivity index (χ2n) is 8.48. The zero-order chi connectivity index (χ0) is 24.3. The van der Waals surface area contributed by atoms with Gasteiger partial charge in [0.15, 0.2) is 0 Å². The lowest BCUT2D eigenvalue weighted by atomic mass is 9.99. The van der Waals surface area contributed by atoms with Crippen molar-refractivity contribution < 1.29 is 17.9 Å². The molecule has 0 spiro atoms. The van der Waals surface area contributed by atoms with E-state index in [2.05, 4.69) is 34.1 Å². The number of methoxy groups -OCH3 is 1. The van der Waals surface area contributed by atoms with Gasteiger partial charge in [0.2, 0.25) is 0 Å². The summed E-state index contributed by atoms with van der Waals surface area (Å²) >= 11 is 0. The number of carbonyl (C=O) groups excluding carboxylic acids is 1. The van der Waals surface area contributed by atoms with E-state index in [1.807, 2.05) is 6.07 Å². The van der Waals surface area contributed by atoms with Crippen molar-refractivity contribution in [3.05, 3.63) is 82.9 Å². The SMILES string of the molecule is COc1ccc(NS(=O)(=O)c2ccc(C)c(C(=O)NCc3ccc4c(c3)CCCN4C)c2)cc1. The number of amides is 1. The standard InChI is InChI=1S/C26H29N3O4S/c1-18-6-12-23(34(31,32)28-21-8-10-22(33-3)11-9-21)16-24(18)26(30)27-17-19-7-13-25-20(15-19)5-4-14-29(25)2/h6-13,15-16,28H,4-5,14,17H2,1-3H3,(H,27,30). The number of aryl methyl sites for hydroxylation is 2. The van der Waals surface area contributed by atoms with Crippen LogP contribution in [0.1, 0.15) is 33.5 Å². The molecule has 0 unspecified atom stereocenters. The maximum absolute atomic E-state index is 12.9. The van der Waals surface area contributed by atoms with Gasteiger partial charge < -0.3 is 15.0 Å². The van der Waals surface area contributed by atoms with Crippen molar-refractivity contribution in [3.8, 4) is 5.75 Å². The van der Waals surface area contributed by atoms with Crippen LogP contribution in [0.15, 0.2) is 65.6 Å². The van der Waals surface area contributed by atoms with Gasteiger partial charge in [-0.3, -0.25) is 9.52 Å². The number of nitrogens with one attached hydrogen (secondary N) is 2. The third-order valence-corrected chi connectivity index (χ3v) is 7.43. The van der Waals surface area contributed by atoms with E-state index in [0.29, 0.717) is 29.1 Å². The van der Waals surface area contributed by atoms with Gasteiger partial charge in [-0.05, 0) is 78.9 Å². The van der Waals surface area contributed by atoms with Gasteiger partial charge in [-0.25, -0.2) is 8.42 Å². The van der Waals surface area contributed by atoms with Crippen molar-refractivity contribution in [2.45, 2.75) is 31.2 Å². The van der Waals surface area contributed by atoms with Crippen LogP contribution in [-0.2, 0) is 23.0 Å². The average Bonchev–Trinajstić information content (AvgIpc) is 2.83. The van der Waals surface area contributed by atoms with E-state index in [4.69, 9.17) is 4.74 Å². The molecule has 3 aromatic rings. The van der Waals surface area contributed by atoms with Gasteiger partial charge in [-0.15, -0.1) is 0 Å². The second-order valence-corrected chi connectivity index (χ2v) is 10.2. The van der Waals surface area contributed by atoms with Crippen LogP contribution in [0.5, 0.6) is 5.75 Å². The summed E-state index contributed by atoms with van der Waals surface area (Å²) in [5, 5.41) is 2.93. The first kappa shape index (κ1) is 23.6. The number of nitrogens with zero attached hydrogens (tertiary/aromatic N) is 1. The minimum atomic E-state index is -3.86. The summed E-state index contributed by atoms with van der Waals surface area (Å²) in [5.41, 5.74) is 4.98. The van der Waals surface area contributed by atoms with Crippen molar-refractivity contribution >= 4 is 27.3 Å². The molecule has 4 rings (SSSR count). The molecule has 3 aromatic carbocycles. The highest BCUT2D eigenvalue weighted by Crippen LogP contribution is 2.27. The molecule has 0 fully saturated rings. The first-order valence-corrected chi connectivity index (χ1v) is 12.6. The Balaban J connectivity index is 1.48. The smallest absolute Gasteiger partial charge is 0.261 e.